The van der Waals surface area contributed by atoms with E-state index in [4.69, 9.17) is 4.42 Å². The first kappa shape index (κ1) is 11.9. The average Bonchev–Trinajstić information content (AvgIpc) is 2.81. The van der Waals surface area contributed by atoms with Gasteiger partial charge in [-0.2, -0.15) is 0 Å². The van der Waals surface area contributed by atoms with E-state index in [-0.39, 0.29) is 0 Å². The SMILES string of the molecule is CN(Cc1cccnc1)Cc1nc2ccccc2o1. The molecule has 0 unspecified atom stereocenters. The topological polar surface area (TPSA) is 42.2 Å². The zero-order valence-corrected chi connectivity index (χ0v) is 10.8. The standard InChI is InChI=1S/C15H15N3O/c1-18(10-12-5-4-8-16-9-12)11-15-17-13-6-2-3-7-14(13)19-15/h2-9H,10-11H2,1H3. The predicted molar refractivity (Wildman–Crippen MR) is 73.4 cm³/mol. The molecule has 0 fully saturated rings. The lowest BCUT2D eigenvalue weighted by Gasteiger charge is -2.13. The van der Waals surface area contributed by atoms with Crippen LogP contribution in [0.3, 0.4) is 0 Å². The largest absolute Gasteiger partial charge is 0.439 e. The zero-order valence-electron chi connectivity index (χ0n) is 10.8. The third-order valence-corrected chi connectivity index (χ3v) is 2.92. The third kappa shape index (κ3) is 2.80. The van der Waals surface area contributed by atoms with Crippen LogP contribution in [0.25, 0.3) is 11.1 Å². The molecule has 0 aliphatic heterocycles. The van der Waals surface area contributed by atoms with Crippen LogP contribution in [0.2, 0.25) is 0 Å². The molecule has 0 spiro atoms. The molecule has 3 rings (SSSR count). The highest BCUT2D eigenvalue weighted by molar-refractivity contribution is 5.72. The molecule has 4 heteroatoms. The Kier molecular flexibility index (Phi) is 3.25. The van der Waals surface area contributed by atoms with Gasteiger partial charge in [-0.3, -0.25) is 9.88 Å². The molecule has 0 bridgehead atoms. The van der Waals surface area contributed by atoms with E-state index >= 15 is 0 Å². The molecule has 0 N–H and O–H groups in total. The number of fused-ring (bicyclic) bond motifs is 1. The Morgan fingerprint density at radius 2 is 2.00 bits per heavy atom. The van der Waals surface area contributed by atoms with Crippen LogP contribution >= 0.6 is 0 Å². The summed E-state index contributed by atoms with van der Waals surface area (Å²) in [6, 6.07) is 11.8. The van der Waals surface area contributed by atoms with Gasteiger partial charge in [-0.1, -0.05) is 18.2 Å². The van der Waals surface area contributed by atoms with Gasteiger partial charge in [-0.15, -0.1) is 0 Å². The summed E-state index contributed by atoms with van der Waals surface area (Å²) in [5, 5.41) is 0. The van der Waals surface area contributed by atoms with Crippen LogP contribution in [0.5, 0.6) is 0 Å². The monoisotopic (exact) mass is 253 g/mol. The van der Waals surface area contributed by atoms with Crippen molar-refractivity contribution in [3.05, 3.63) is 60.2 Å². The minimum atomic E-state index is 0.684. The average molecular weight is 253 g/mol. The minimum Gasteiger partial charge on any atom is -0.439 e. The van der Waals surface area contributed by atoms with Crippen molar-refractivity contribution in [2.24, 2.45) is 0 Å². The Morgan fingerprint density at radius 1 is 1.11 bits per heavy atom. The number of rotatable bonds is 4. The Balaban J connectivity index is 1.70. The molecule has 3 aromatic rings. The smallest absolute Gasteiger partial charge is 0.209 e. The number of para-hydroxylation sites is 2. The lowest BCUT2D eigenvalue weighted by Crippen LogP contribution is -2.17. The van der Waals surface area contributed by atoms with E-state index in [9.17, 15) is 0 Å². The van der Waals surface area contributed by atoms with Crippen molar-refractivity contribution in [1.29, 1.82) is 0 Å². The molecule has 19 heavy (non-hydrogen) atoms. The maximum atomic E-state index is 5.71. The number of hydrogen-bond donors (Lipinski definition) is 0. The molecule has 1 aromatic carbocycles. The van der Waals surface area contributed by atoms with E-state index in [1.807, 2.05) is 43.6 Å². The van der Waals surface area contributed by atoms with Gasteiger partial charge in [-0.25, -0.2) is 4.98 Å². The van der Waals surface area contributed by atoms with Crippen molar-refractivity contribution in [2.45, 2.75) is 13.1 Å². The van der Waals surface area contributed by atoms with Gasteiger partial charge >= 0.3 is 0 Å². The van der Waals surface area contributed by atoms with Crippen LogP contribution < -0.4 is 0 Å². The van der Waals surface area contributed by atoms with Crippen LogP contribution in [0.15, 0.2) is 53.2 Å². The molecule has 2 heterocycles. The van der Waals surface area contributed by atoms with E-state index in [1.165, 1.54) is 5.56 Å². The fraction of sp³-hybridized carbons (Fsp3) is 0.200. The number of hydrogen-bond acceptors (Lipinski definition) is 4. The number of oxazole rings is 1. The van der Waals surface area contributed by atoms with Gasteiger partial charge in [0.15, 0.2) is 5.58 Å². The first-order chi connectivity index (χ1) is 9.31. The summed E-state index contributed by atoms with van der Waals surface area (Å²) in [6.07, 6.45) is 3.66. The van der Waals surface area contributed by atoms with Gasteiger partial charge in [0.1, 0.15) is 5.52 Å². The summed E-state index contributed by atoms with van der Waals surface area (Å²) < 4.78 is 5.71. The summed E-state index contributed by atoms with van der Waals surface area (Å²) in [4.78, 5) is 10.7. The second-order valence-electron chi connectivity index (χ2n) is 4.61. The van der Waals surface area contributed by atoms with Crippen molar-refractivity contribution in [3.8, 4) is 0 Å². The van der Waals surface area contributed by atoms with E-state index in [1.54, 1.807) is 6.20 Å². The van der Waals surface area contributed by atoms with Crippen molar-refractivity contribution in [3.63, 3.8) is 0 Å². The summed E-state index contributed by atoms with van der Waals surface area (Å²) >= 11 is 0. The molecule has 0 saturated carbocycles. The van der Waals surface area contributed by atoms with E-state index < -0.39 is 0 Å². The lowest BCUT2D eigenvalue weighted by molar-refractivity contribution is 0.285. The molecule has 0 atom stereocenters. The summed E-state index contributed by atoms with van der Waals surface area (Å²) in [7, 11) is 2.04. The third-order valence-electron chi connectivity index (χ3n) is 2.92. The Hall–Kier alpha value is -2.20. The van der Waals surface area contributed by atoms with Gasteiger partial charge in [0.2, 0.25) is 5.89 Å². The molecular formula is C15H15N3O. The summed E-state index contributed by atoms with van der Waals surface area (Å²) in [5.74, 6) is 0.743. The van der Waals surface area contributed by atoms with Crippen molar-refractivity contribution in [2.75, 3.05) is 7.05 Å². The fourth-order valence-corrected chi connectivity index (χ4v) is 2.08. The van der Waals surface area contributed by atoms with Crippen LogP contribution in [-0.4, -0.2) is 21.9 Å². The van der Waals surface area contributed by atoms with Crippen LogP contribution in [0, 0.1) is 0 Å². The van der Waals surface area contributed by atoms with Gasteiger partial charge in [0.25, 0.3) is 0 Å². The van der Waals surface area contributed by atoms with E-state index in [0.29, 0.717) is 6.54 Å². The fourth-order valence-electron chi connectivity index (χ4n) is 2.08. The Bertz CT molecular complexity index is 630. The molecule has 0 aliphatic carbocycles. The van der Waals surface area contributed by atoms with Crippen molar-refractivity contribution < 1.29 is 4.42 Å². The van der Waals surface area contributed by atoms with Gasteiger partial charge in [0.05, 0.1) is 6.54 Å². The molecule has 0 amide bonds. The Morgan fingerprint density at radius 3 is 2.79 bits per heavy atom. The zero-order chi connectivity index (χ0) is 13.1. The predicted octanol–water partition coefficient (Wildman–Crippen LogP) is 2.85. The summed E-state index contributed by atoms with van der Waals surface area (Å²) in [6.45, 7) is 1.51. The van der Waals surface area contributed by atoms with Crippen LogP contribution in [-0.2, 0) is 13.1 Å². The summed E-state index contributed by atoms with van der Waals surface area (Å²) in [5.41, 5.74) is 2.93. The normalized spacial score (nSPS) is 11.3. The highest BCUT2D eigenvalue weighted by Gasteiger charge is 2.08. The molecular weight excluding hydrogens is 238 g/mol. The van der Waals surface area contributed by atoms with E-state index in [2.05, 4.69) is 20.9 Å². The lowest BCUT2D eigenvalue weighted by atomic mass is 10.3. The van der Waals surface area contributed by atoms with Crippen molar-refractivity contribution >= 4 is 11.1 Å². The first-order valence-corrected chi connectivity index (χ1v) is 6.23. The van der Waals surface area contributed by atoms with E-state index in [0.717, 1.165) is 23.5 Å². The number of pyridine rings is 1. The van der Waals surface area contributed by atoms with Gasteiger partial charge in [0, 0.05) is 18.9 Å². The van der Waals surface area contributed by atoms with Crippen LogP contribution in [0.4, 0.5) is 0 Å². The van der Waals surface area contributed by atoms with Crippen LogP contribution in [0.1, 0.15) is 11.5 Å². The quantitative estimate of drug-likeness (QED) is 0.717. The molecule has 2 aromatic heterocycles. The second kappa shape index (κ2) is 5.20. The maximum absolute atomic E-state index is 5.71. The van der Waals surface area contributed by atoms with Gasteiger partial charge in [-0.05, 0) is 30.8 Å². The number of benzene rings is 1. The van der Waals surface area contributed by atoms with Gasteiger partial charge < -0.3 is 4.42 Å². The van der Waals surface area contributed by atoms with Crippen molar-refractivity contribution in [1.82, 2.24) is 14.9 Å². The second-order valence-corrected chi connectivity index (χ2v) is 4.61. The minimum absolute atomic E-state index is 0.684. The molecule has 4 nitrogen and oxygen atoms in total. The number of nitrogens with zero attached hydrogens (tertiary/aromatic N) is 3. The molecule has 0 saturated heterocycles. The highest BCUT2D eigenvalue weighted by Crippen LogP contribution is 2.16. The molecule has 0 aliphatic rings. The Labute approximate surface area is 111 Å². The highest BCUT2D eigenvalue weighted by atomic mass is 16.3. The number of aromatic nitrogens is 2. The maximum Gasteiger partial charge on any atom is 0.209 e. The molecule has 96 valence electrons. The molecule has 0 radical (unpaired) electrons. The first-order valence-electron chi connectivity index (χ1n) is 6.23.